The van der Waals surface area contributed by atoms with Crippen LogP contribution in [0.5, 0.6) is 0 Å². The molecule has 17 nitrogen and oxygen atoms in total. The maximum absolute atomic E-state index is 13.1. The van der Waals surface area contributed by atoms with Gasteiger partial charge in [0.05, 0.1) is 26.4 Å². The smallest absolute Gasteiger partial charge is 0.462 e. The number of rotatable bonds is 76. The van der Waals surface area contributed by atoms with E-state index in [4.69, 9.17) is 37.0 Å². The highest BCUT2D eigenvalue weighted by Gasteiger charge is 2.30. The quantitative estimate of drug-likeness (QED) is 0.0169. The molecule has 97 heavy (non-hydrogen) atoms. The molecular weight excluding hydrogens is 1270 g/mol. The molecule has 19 heteroatoms. The number of phosphoric acid groups is 2. The van der Waals surface area contributed by atoms with Crippen LogP contribution in [0, 0.1) is 5.92 Å². The molecule has 0 aliphatic rings. The van der Waals surface area contributed by atoms with Gasteiger partial charge in [0.1, 0.15) is 19.3 Å². The molecule has 0 saturated heterocycles. The van der Waals surface area contributed by atoms with Crippen LogP contribution in [0.25, 0.3) is 0 Å². The number of allylic oxidation sites excluding steroid dienone is 4. The third-order valence-corrected chi connectivity index (χ3v) is 19.9. The van der Waals surface area contributed by atoms with Gasteiger partial charge < -0.3 is 33.8 Å². The van der Waals surface area contributed by atoms with Crippen molar-refractivity contribution in [1.82, 2.24) is 0 Å². The van der Waals surface area contributed by atoms with Gasteiger partial charge in [0.15, 0.2) is 12.2 Å². The van der Waals surface area contributed by atoms with E-state index in [1.165, 1.54) is 186 Å². The van der Waals surface area contributed by atoms with Crippen LogP contribution in [-0.4, -0.2) is 96.7 Å². The van der Waals surface area contributed by atoms with E-state index in [0.29, 0.717) is 25.7 Å². The zero-order chi connectivity index (χ0) is 71.2. The molecule has 0 aliphatic heterocycles. The van der Waals surface area contributed by atoms with Gasteiger partial charge in [0.2, 0.25) is 0 Å². The number of aliphatic hydroxyl groups is 1. The van der Waals surface area contributed by atoms with Crippen molar-refractivity contribution in [2.75, 3.05) is 39.6 Å². The first-order valence-corrected chi connectivity index (χ1v) is 43.0. The highest BCUT2D eigenvalue weighted by Crippen LogP contribution is 2.45. The molecule has 0 aliphatic carbocycles. The molecule has 0 radical (unpaired) electrons. The number of aliphatic hydroxyl groups excluding tert-OH is 1. The number of unbranched alkanes of at least 4 members (excludes halogenated alkanes) is 44. The molecule has 0 rings (SSSR count). The predicted octanol–water partition coefficient (Wildman–Crippen LogP) is 22.8. The van der Waals surface area contributed by atoms with Crippen LogP contribution in [0.15, 0.2) is 24.3 Å². The number of hydrogen-bond acceptors (Lipinski definition) is 15. The summed E-state index contributed by atoms with van der Waals surface area (Å²) in [6.07, 6.45) is 63.4. The van der Waals surface area contributed by atoms with Crippen molar-refractivity contribution in [3.8, 4) is 0 Å². The lowest BCUT2D eigenvalue weighted by atomic mass is 10.00. The molecule has 0 amide bonds. The number of ether oxygens (including phenoxy) is 4. The van der Waals surface area contributed by atoms with Crippen LogP contribution in [0.1, 0.15) is 388 Å². The monoisotopic (exact) mass is 1420 g/mol. The highest BCUT2D eigenvalue weighted by molar-refractivity contribution is 7.47. The van der Waals surface area contributed by atoms with Crippen LogP contribution in [-0.2, 0) is 65.4 Å². The maximum atomic E-state index is 13.1. The SMILES string of the molecule is CCCCCC/C=C\C=C/CCCCCCCC(=O)OC[C@H](COP(=O)(O)OC[C@@H](O)COP(=O)(O)OC[C@@H](COC(=O)CCCCCCCCC(C)CC)OC(=O)CCCCCCCCCCCCC)OC(=O)CCCCCCCCCCCCCCCCCCCCCCC. The molecule has 6 atom stereocenters. The van der Waals surface area contributed by atoms with Crippen LogP contribution in [0.2, 0.25) is 0 Å². The van der Waals surface area contributed by atoms with Gasteiger partial charge in [0.25, 0.3) is 0 Å². The maximum Gasteiger partial charge on any atom is 0.472 e. The summed E-state index contributed by atoms with van der Waals surface area (Å²) in [7, 11) is -9.92. The Labute approximate surface area is 592 Å². The van der Waals surface area contributed by atoms with Crippen molar-refractivity contribution < 1.29 is 80.2 Å². The van der Waals surface area contributed by atoms with Crippen molar-refractivity contribution in [1.29, 1.82) is 0 Å². The second kappa shape index (κ2) is 70.6. The van der Waals surface area contributed by atoms with Crippen molar-refractivity contribution in [3.63, 3.8) is 0 Å². The summed E-state index contributed by atoms with van der Waals surface area (Å²) in [5.41, 5.74) is 0. The Morgan fingerprint density at radius 3 is 0.876 bits per heavy atom. The van der Waals surface area contributed by atoms with E-state index in [-0.39, 0.29) is 25.7 Å². The Kier molecular flexibility index (Phi) is 68.8. The van der Waals surface area contributed by atoms with Crippen molar-refractivity contribution >= 4 is 39.5 Å². The zero-order valence-electron chi connectivity index (χ0n) is 62.7. The van der Waals surface area contributed by atoms with E-state index in [0.717, 1.165) is 121 Å². The average Bonchev–Trinajstić information content (AvgIpc) is 2.59. The molecule has 572 valence electrons. The average molecular weight is 1420 g/mol. The van der Waals surface area contributed by atoms with E-state index in [1.54, 1.807) is 0 Å². The van der Waals surface area contributed by atoms with E-state index in [9.17, 15) is 43.2 Å². The molecule has 3 N–H and O–H groups in total. The Morgan fingerprint density at radius 1 is 0.330 bits per heavy atom. The third kappa shape index (κ3) is 70.4. The van der Waals surface area contributed by atoms with Gasteiger partial charge >= 0.3 is 39.5 Å². The largest absolute Gasteiger partial charge is 0.472 e. The number of carbonyl (C=O) groups excluding carboxylic acids is 4. The van der Waals surface area contributed by atoms with Crippen LogP contribution in [0.4, 0.5) is 0 Å². The molecular formula is C78H148O17P2. The Balaban J connectivity index is 5.24. The molecule has 0 aromatic rings. The number of hydrogen-bond donors (Lipinski definition) is 3. The second-order valence-electron chi connectivity index (χ2n) is 27.7. The minimum atomic E-state index is -4.97. The summed E-state index contributed by atoms with van der Waals surface area (Å²) in [5, 5.41) is 10.6. The minimum absolute atomic E-state index is 0.102. The van der Waals surface area contributed by atoms with Gasteiger partial charge in [-0.1, -0.05) is 335 Å². The molecule has 3 unspecified atom stereocenters. The zero-order valence-corrected chi connectivity index (χ0v) is 64.5. The lowest BCUT2D eigenvalue weighted by molar-refractivity contribution is -0.161. The molecule has 0 bridgehead atoms. The lowest BCUT2D eigenvalue weighted by Gasteiger charge is -2.21. The summed E-state index contributed by atoms with van der Waals surface area (Å²) in [5.74, 6) is -1.41. The molecule has 0 aromatic carbocycles. The fourth-order valence-electron chi connectivity index (χ4n) is 11.5. The first kappa shape index (κ1) is 94.5. The van der Waals surface area contributed by atoms with E-state index in [1.807, 2.05) is 0 Å². The third-order valence-electron chi connectivity index (χ3n) is 18.0. The van der Waals surface area contributed by atoms with Gasteiger partial charge in [0, 0.05) is 25.7 Å². The summed E-state index contributed by atoms with van der Waals surface area (Å²) in [4.78, 5) is 72.8. The van der Waals surface area contributed by atoms with E-state index in [2.05, 4.69) is 58.9 Å². The summed E-state index contributed by atoms with van der Waals surface area (Å²) in [6.45, 7) is 7.19. The van der Waals surface area contributed by atoms with Gasteiger partial charge in [-0.2, -0.15) is 0 Å². The first-order chi connectivity index (χ1) is 47.1. The normalized spacial score (nSPS) is 14.4. The number of esters is 4. The Morgan fingerprint density at radius 2 is 0.577 bits per heavy atom. The number of carbonyl (C=O) groups is 4. The van der Waals surface area contributed by atoms with Crippen molar-refractivity contribution in [3.05, 3.63) is 24.3 Å². The summed E-state index contributed by atoms with van der Waals surface area (Å²) < 4.78 is 68.5. The topological polar surface area (TPSA) is 237 Å². The Bertz CT molecular complexity index is 1950. The van der Waals surface area contributed by atoms with Gasteiger partial charge in [-0.25, -0.2) is 9.13 Å². The number of phosphoric ester groups is 2. The van der Waals surface area contributed by atoms with Gasteiger partial charge in [-0.05, 0) is 57.3 Å². The van der Waals surface area contributed by atoms with Crippen LogP contribution in [0.3, 0.4) is 0 Å². The lowest BCUT2D eigenvalue weighted by Crippen LogP contribution is -2.30. The summed E-state index contributed by atoms with van der Waals surface area (Å²) in [6, 6.07) is 0. The first-order valence-electron chi connectivity index (χ1n) is 40.0. The fraction of sp³-hybridized carbons (Fsp3) is 0.897. The van der Waals surface area contributed by atoms with E-state index >= 15 is 0 Å². The molecule has 0 fully saturated rings. The second-order valence-corrected chi connectivity index (χ2v) is 30.6. The highest BCUT2D eigenvalue weighted by atomic mass is 31.2. The van der Waals surface area contributed by atoms with Crippen LogP contribution >= 0.6 is 15.6 Å². The predicted molar refractivity (Wildman–Crippen MR) is 395 cm³/mol. The molecule has 0 saturated carbocycles. The molecule has 0 heterocycles. The standard InChI is InChI=1S/C78H148O17P2/c1-6-10-13-16-19-22-25-27-29-30-31-32-33-34-36-38-41-44-47-54-59-64-78(83)94-73(67-88-75(80)61-56-51-45-42-40-37-35-28-26-23-20-17-14-11-7-2)69-92-96(84,85)90-65-72(79)66-91-97(86,87)93-70-74(68-89-76(81)62-57-52-49-48-50-55-60-71(5)9-4)95-77(82)63-58-53-46-43-39-24-21-18-15-12-8-3/h23,26,28,35,71-74,79H,6-22,24-25,27,29-34,36-70H2,1-5H3,(H,84,85)(H,86,87)/b26-23-,35-28-/t71?,72-,73-,74-/m1/s1. The summed E-state index contributed by atoms with van der Waals surface area (Å²) >= 11 is 0. The van der Waals surface area contributed by atoms with E-state index < -0.39 is 97.5 Å². The van der Waals surface area contributed by atoms with Crippen molar-refractivity contribution in [2.45, 2.75) is 406 Å². The van der Waals surface area contributed by atoms with Crippen molar-refractivity contribution in [2.24, 2.45) is 5.92 Å². The minimum Gasteiger partial charge on any atom is -0.462 e. The molecule has 0 aromatic heterocycles. The van der Waals surface area contributed by atoms with Gasteiger partial charge in [-0.15, -0.1) is 0 Å². The van der Waals surface area contributed by atoms with Crippen LogP contribution < -0.4 is 0 Å². The fourth-order valence-corrected chi connectivity index (χ4v) is 13.1. The van der Waals surface area contributed by atoms with Gasteiger partial charge in [-0.3, -0.25) is 37.3 Å². The Hall–Kier alpha value is -2.46. The molecule has 0 spiro atoms.